The second kappa shape index (κ2) is 6.61. The van der Waals surface area contributed by atoms with E-state index < -0.39 is 0 Å². The molecule has 1 atom stereocenters. The Morgan fingerprint density at radius 2 is 2.18 bits per heavy atom. The lowest BCUT2D eigenvalue weighted by Crippen LogP contribution is -2.48. The Kier molecular flexibility index (Phi) is 5.43. The second-order valence-corrected chi connectivity index (χ2v) is 5.02. The normalized spacial score (nSPS) is 20.3. The molecule has 1 aliphatic heterocycles. The molecule has 1 amide bonds. The molecule has 0 saturated carbocycles. The molecule has 96 valence electrons. The minimum atomic E-state index is -0.199. The molecule has 1 rings (SSSR count). The highest BCUT2D eigenvalue weighted by Gasteiger charge is 2.38. The summed E-state index contributed by atoms with van der Waals surface area (Å²) in [6.45, 7) is 6.25. The van der Waals surface area contributed by atoms with Gasteiger partial charge in [0, 0.05) is 6.54 Å². The zero-order valence-corrected chi connectivity index (χ0v) is 10.9. The summed E-state index contributed by atoms with van der Waals surface area (Å²) in [5.74, 6) is 0.0299. The van der Waals surface area contributed by atoms with Crippen LogP contribution in [-0.4, -0.2) is 25.5 Å². The van der Waals surface area contributed by atoms with Gasteiger partial charge in [-0.1, -0.05) is 13.3 Å². The molecule has 0 aromatic rings. The van der Waals surface area contributed by atoms with Gasteiger partial charge in [0.05, 0.1) is 17.4 Å². The fourth-order valence-electron chi connectivity index (χ4n) is 2.45. The van der Waals surface area contributed by atoms with E-state index in [4.69, 9.17) is 5.26 Å². The number of nitriles is 1. The van der Waals surface area contributed by atoms with Crippen LogP contribution in [0.5, 0.6) is 0 Å². The summed E-state index contributed by atoms with van der Waals surface area (Å²) >= 11 is 0. The lowest BCUT2D eigenvalue weighted by molar-refractivity contribution is -0.133. The van der Waals surface area contributed by atoms with Gasteiger partial charge in [-0.25, -0.2) is 0 Å². The molecule has 0 aromatic heterocycles. The summed E-state index contributed by atoms with van der Waals surface area (Å²) in [6, 6.07) is 2.14. The van der Waals surface area contributed by atoms with Crippen LogP contribution >= 0.6 is 0 Å². The van der Waals surface area contributed by atoms with E-state index in [1.807, 2.05) is 6.92 Å². The summed E-state index contributed by atoms with van der Waals surface area (Å²) in [6.07, 6.45) is 3.80. The summed E-state index contributed by atoms with van der Waals surface area (Å²) in [5, 5.41) is 15.0. The molecule has 0 bridgehead atoms. The van der Waals surface area contributed by atoms with Crippen LogP contribution in [0.2, 0.25) is 0 Å². The average molecular weight is 237 g/mol. The van der Waals surface area contributed by atoms with Crippen molar-refractivity contribution in [2.75, 3.05) is 19.6 Å². The predicted molar refractivity (Wildman–Crippen MR) is 67.2 cm³/mol. The molecule has 0 aromatic carbocycles. The van der Waals surface area contributed by atoms with E-state index in [2.05, 4.69) is 23.6 Å². The van der Waals surface area contributed by atoms with E-state index in [1.54, 1.807) is 0 Å². The summed E-state index contributed by atoms with van der Waals surface area (Å²) in [4.78, 5) is 12.3. The molecule has 0 aliphatic carbocycles. The van der Waals surface area contributed by atoms with Crippen molar-refractivity contribution in [2.24, 2.45) is 11.3 Å². The molecule has 0 spiro atoms. The molecule has 0 radical (unpaired) electrons. The summed E-state index contributed by atoms with van der Waals surface area (Å²) in [5.41, 5.74) is -0.199. The second-order valence-electron chi connectivity index (χ2n) is 5.02. The predicted octanol–water partition coefficient (Wildman–Crippen LogP) is 1.43. The SMILES string of the molecule is CCCC1(C(=O)NCC(C)C#N)CCNCC1. The van der Waals surface area contributed by atoms with Gasteiger partial charge in [-0.15, -0.1) is 0 Å². The molecule has 1 unspecified atom stereocenters. The maximum Gasteiger partial charge on any atom is 0.226 e. The van der Waals surface area contributed by atoms with Gasteiger partial charge in [0.25, 0.3) is 0 Å². The molecule has 1 heterocycles. The van der Waals surface area contributed by atoms with Crippen molar-refractivity contribution in [1.29, 1.82) is 5.26 Å². The Morgan fingerprint density at radius 3 is 2.71 bits per heavy atom. The van der Waals surface area contributed by atoms with Crippen LogP contribution in [0.1, 0.15) is 39.5 Å². The molecule has 4 nitrogen and oxygen atoms in total. The fraction of sp³-hybridized carbons (Fsp3) is 0.846. The van der Waals surface area contributed by atoms with Crippen molar-refractivity contribution in [2.45, 2.75) is 39.5 Å². The highest BCUT2D eigenvalue weighted by Crippen LogP contribution is 2.34. The van der Waals surface area contributed by atoms with Gasteiger partial charge in [0.15, 0.2) is 0 Å². The lowest BCUT2D eigenvalue weighted by atomic mass is 9.74. The van der Waals surface area contributed by atoms with Crippen molar-refractivity contribution in [1.82, 2.24) is 10.6 Å². The van der Waals surface area contributed by atoms with Crippen molar-refractivity contribution in [3.63, 3.8) is 0 Å². The minimum absolute atomic E-state index is 0.112. The fourth-order valence-corrected chi connectivity index (χ4v) is 2.45. The standard InChI is InChI=1S/C13H23N3O/c1-3-4-13(5-7-15-8-6-13)12(17)16-10-11(2)9-14/h11,15H,3-8,10H2,1-2H3,(H,16,17). The highest BCUT2D eigenvalue weighted by molar-refractivity contribution is 5.82. The molecular formula is C13H23N3O. The summed E-state index contributed by atoms with van der Waals surface area (Å²) in [7, 11) is 0. The van der Waals surface area contributed by atoms with Gasteiger partial charge in [0.1, 0.15) is 0 Å². The number of rotatable bonds is 5. The summed E-state index contributed by atoms with van der Waals surface area (Å²) < 4.78 is 0. The van der Waals surface area contributed by atoms with Crippen molar-refractivity contribution < 1.29 is 4.79 Å². The molecule has 17 heavy (non-hydrogen) atoms. The van der Waals surface area contributed by atoms with Crippen molar-refractivity contribution in [3.8, 4) is 6.07 Å². The van der Waals surface area contributed by atoms with Crippen LogP contribution in [0.3, 0.4) is 0 Å². The first-order chi connectivity index (χ1) is 8.14. The van der Waals surface area contributed by atoms with E-state index in [0.29, 0.717) is 6.54 Å². The van der Waals surface area contributed by atoms with E-state index in [1.165, 1.54) is 0 Å². The monoisotopic (exact) mass is 237 g/mol. The Labute approximate surface area is 104 Å². The molecular weight excluding hydrogens is 214 g/mol. The van der Waals surface area contributed by atoms with E-state index in [9.17, 15) is 4.79 Å². The lowest BCUT2D eigenvalue weighted by Gasteiger charge is -2.36. The first-order valence-corrected chi connectivity index (χ1v) is 6.53. The van der Waals surface area contributed by atoms with Gasteiger partial charge >= 0.3 is 0 Å². The number of hydrogen-bond donors (Lipinski definition) is 2. The van der Waals surface area contributed by atoms with Crippen LogP contribution in [0.4, 0.5) is 0 Å². The van der Waals surface area contributed by atoms with Crippen molar-refractivity contribution in [3.05, 3.63) is 0 Å². The first-order valence-electron chi connectivity index (χ1n) is 6.53. The number of amides is 1. The largest absolute Gasteiger partial charge is 0.354 e. The molecule has 1 saturated heterocycles. The molecule has 4 heteroatoms. The molecule has 1 fully saturated rings. The number of hydrogen-bond acceptors (Lipinski definition) is 3. The van der Waals surface area contributed by atoms with Gasteiger partial charge in [-0.05, 0) is 39.3 Å². The third-order valence-corrected chi connectivity index (χ3v) is 3.56. The van der Waals surface area contributed by atoms with Crippen LogP contribution in [0.15, 0.2) is 0 Å². The number of piperidine rings is 1. The zero-order valence-electron chi connectivity index (χ0n) is 10.9. The smallest absolute Gasteiger partial charge is 0.226 e. The van der Waals surface area contributed by atoms with Crippen LogP contribution < -0.4 is 10.6 Å². The minimum Gasteiger partial charge on any atom is -0.354 e. The Hall–Kier alpha value is -1.08. The van der Waals surface area contributed by atoms with Crippen LogP contribution in [0, 0.1) is 22.7 Å². The quantitative estimate of drug-likeness (QED) is 0.760. The Morgan fingerprint density at radius 1 is 1.53 bits per heavy atom. The number of nitrogens with zero attached hydrogens (tertiary/aromatic N) is 1. The van der Waals surface area contributed by atoms with E-state index in [-0.39, 0.29) is 17.2 Å². The van der Waals surface area contributed by atoms with E-state index in [0.717, 1.165) is 38.8 Å². The number of carbonyl (C=O) groups is 1. The first kappa shape index (κ1) is 14.0. The topological polar surface area (TPSA) is 64.9 Å². The van der Waals surface area contributed by atoms with Gasteiger partial charge in [-0.3, -0.25) is 4.79 Å². The van der Waals surface area contributed by atoms with Gasteiger partial charge in [0.2, 0.25) is 5.91 Å². The Balaban J connectivity index is 2.57. The van der Waals surface area contributed by atoms with Crippen LogP contribution in [0.25, 0.3) is 0 Å². The third-order valence-electron chi connectivity index (χ3n) is 3.56. The van der Waals surface area contributed by atoms with Crippen LogP contribution in [-0.2, 0) is 4.79 Å². The van der Waals surface area contributed by atoms with Crippen molar-refractivity contribution >= 4 is 5.91 Å². The van der Waals surface area contributed by atoms with Gasteiger partial charge < -0.3 is 10.6 Å². The zero-order chi connectivity index (χ0) is 12.7. The third kappa shape index (κ3) is 3.71. The highest BCUT2D eigenvalue weighted by atomic mass is 16.2. The maximum atomic E-state index is 12.3. The molecule has 1 aliphatic rings. The van der Waals surface area contributed by atoms with E-state index >= 15 is 0 Å². The maximum absolute atomic E-state index is 12.3. The molecule has 2 N–H and O–H groups in total. The average Bonchev–Trinajstić information content (AvgIpc) is 2.36. The van der Waals surface area contributed by atoms with Gasteiger partial charge in [-0.2, -0.15) is 5.26 Å². The number of carbonyl (C=O) groups excluding carboxylic acids is 1. The number of nitrogens with one attached hydrogen (secondary N) is 2. The Bertz CT molecular complexity index is 284.